The van der Waals surface area contributed by atoms with Crippen LogP contribution in [0, 0.1) is 0 Å². The van der Waals surface area contributed by atoms with Crippen LogP contribution in [-0.4, -0.2) is 40.4 Å². The molecule has 2 N–H and O–H groups in total. The highest BCUT2D eigenvalue weighted by Crippen LogP contribution is 2.28. The van der Waals surface area contributed by atoms with E-state index in [2.05, 4.69) is 9.88 Å². The summed E-state index contributed by atoms with van der Waals surface area (Å²) in [7, 11) is 1.47. The number of thiazole rings is 1. The van der Waals surface area contributed by atoms with Gasteiger partial charge in [0.15, 0.2) is 5.13 Å². The quantitative estimate of drug-likeness (QED) is 0.862. The molecule has 1 saturated heterocycles. The summed E-state index contributed by atoms with van der Waals surface area (Å²) in [5.74, 6) is 0.184. The largest absolute Gasteiger partial charge is 0.384 e. The fourth-order valence-electron chi connectivity index (χ4n) is 2.74. The van der Waals surface area contributed by atoms with Crippen molar-refractivity contribution in [2.45, 2.75) is 19.9 Å². The van der Waals surface area contributed by atoms with Crippen molar-refractivity contribution < 1.29 is 4.74 Å². The minimum Gasteiger partial charge on any atom is -0.384 e. The summed E-state index contributed by atoms with van der Waals surface area (Å²) in [4.78, 5) is 31.5. The molecule has 0 amide bonds. The number of ether oxygens (including phenoxy) is 1. The predicted molar refractivity (Wildman–Crippen MR) is 94.8 cm³/mol. The average molecular weight is 351 g/mol. The molecule has 3 heterocycles. The maximum Gasteiger partial charge on any atom is 0.332 e. The maximum atomic E-state index is 12.6. The number of anilines is 2. The van der Waals surface area contributed by atoms with Crippen LogP contribution in [0.1, 0.15) is 13.3 Å². The van der Waals surface area contributed by atoms with Crippen LogP contribution in [0.3, 0.4) is 0 Å². The zero-order valence-corrected chi connectivity index (χ0v) is 14.6. The summed E-state index contributed by atoms with van der Waals surface area (Å²) in [5.41, 5.74) is 6.14. The number of rotatable bonds is 4. The first-order valence-electron chi connectivity index (χ1n) is 7.92. The summed E-state index contributed by atoms with van der Waals surface area (Å²) in [6.07, 6.45) is 0.748. The predicted octanol–water partition coefficient (Wildman–Crippen LogP) is 0.499. The van der Waals surface area contributed by atoms with E-state index in [0.29, 0.717) is 31.0 Å². The molecule has 0 spiro atoms. The summed E-state index contributed by atoms with van der Waals surface area (Å²) in [6, 6.07) is 0. The van der Waals surface area contributed by atoms with E-state index >= 15 is 0 Å². The SMILES string of the molecule is CCCn1c(N)c(-c2csc(N3CCOCC3)n2)c(=O)n(C)c1=O. The van der Waals surface area contributed by atoms with Crippen molar-refractivity contribution in [3.63, 3.8) is 0 Å². The Morgan fingerprint density at radius 3 is 2.71 bits per heavy atom. The van der Waals surface area contributed by atoms with Crippen molar-refractivity contribution in [1.82, 2.24) is 14.1 Å². The van der Waals surface area contributed by atoms with Gasteiger partial charge in [-0.2, -0.15) is 0 Å². The van der Waals surface area contributed by atoms with Gasteiger partial charge in [0.25, 0.3) is 5.56 Å². The van der Waals surface area contributed by atoms with Gasteiger partial charge in [-0.1, -0.05) is 6.92 Å². The molecule has 0 bridgehead atoms. The molecule has 2 aromatic heterocycles. The molecule has 0 saturated carbocycles. The van der Waals surface area contributed by atoms with E-state index in [1.54, 1.807) is 0 Å². The summed E-state index contributed by atoms with van der Waals surface area (Å²) in [6.45, 7) is 5.30. The molecule has 2 aromatic rings. The number of nitrogens with two attached hydrogens (primary N) is 1. The Kier molecular flexibility index (Phi) is 4.72. The van der Waals surface area contributed by atoms with E-state index in [4.69, 9.17) is 10.5 Å². The Bertz CT molecular complexity index is 848. The highest BCUT2D eigenvalue weighted by Gasteiger charge is 2.21. The molecule has 9 heteroatoms. The molecule has 8 nitrogen and oxygen atoms in total. The van der Waals surface area contributed by atoms with E-state index in [9.17, 15) is 9.59 Å². The highest BCUT2D eigenvalue weighted by atomic mass is 32.1. The fraction of sp³-hybridized carbons (Fsp3) is 0.533. The van der Waals surface area contributed by atoms with Gasteiger partial charge in [-0.15, -0.1) is 11.3 Å². The molecular formula is C15H21N5O3S. The average Bonchev–Trinajstić information content (AvgIpc) is 3.07. The first kappa shape index (κ1) is 16.7. The van der Waals surface area contributed by atoms with Gasteiger partial charge in [-0.05, 0) is 6.42 Å². The van der Waals surface area contributed by atoms with Crippen LogP contribution >= 0.6 is 11.3 Å². The Morgan fingerprint density at radius 2 is 2.04 bits per heavy atom. The molecule has 3 rings (SSSR count). The molecule has 0 radical (unpaired) electrons. The zero-order valence-electron chi connectivity index (χ0n) is 13.8. The second-order valence-corrected chi connectivity index (χ2v) is 6.51. The van der Waals surface area contributed by atoms with Crippen LogP contribution in [0.4, 0.5) is 10.9 Å². The van der Waals surface area contributed by atoms with Gasteiger partial charge < -0.3 is 15.4 Å². The van der Waals surface area contributed by atoms with Gasteiger partial charge in [-0.3, -0.25) is 13.9 Å². The van der Waals surface area contributed by atoms with Gasteiger partial charge in [0, 0.05) is 32.1 Å². The first-order valence-corrected chi connectivity index (χ1v) is 8.80. The smallest absolute Gasteiger partial charge is 0.332 e. The molecule has 0 aliphatic carbocycles. The normalized spacial score (nSPS) is 15.0. The first-order chi connectivity index (χ1) is 11.5. The summed E-state index contributed by atoms with van der Waals surface area (Å²) in [5, 5.41) is 2.65. The third-order valence-electron chi connectivity index (χ3n) is 4.06. The third-order valence-corrected chi connectivity index (χ3v) is 4.96. The van der Waals surface area contributed by atoms with Gasteiger partial charge in [0.2, 0.25) is 0 Å². The Hall–Kier alpha value is -2.13. The van der Waals surface area contributed by atoms with Crippen LogP contribution in [0.5, 0.6) is 0 Å². The molecule has 24 heavy (non-hydrogen) atoms. The number of aromatic nitrogens is 3. The lowest BCUT2D eigenvalue weighted by Gasteiger charge is -2.26. The number of nitrogens with zero attached hydrogens (tertiary/aromatic N) is 4. The number of hydrogen-bond acceptors (Lipinski definition) is 7. The zero-order chi connectivity index (χ0) is 17.3. The molecule has 130 valence electrons. The number of nitrogen functional groups attached to an aromatic ring is 1. The van der Waals surface area contributed by atoms with Crippen LogP contribution in [0.2, 0.25) is 0 Å². The Balaban J connectivity index is 2.08. The molecular weight excluding hydrogens is 330 g/mol. The molecule has 1 fully saturated rings. The maximum absolute atomic E-state index is 12.6. The van der Waals surface area contributed by atoms with Crippen molar-refractivity contribution in [3.8, 4) is 11.3 Å². The second-order valence-electron chi connectivity index (χ2n) is 5.67. The van der Waals surface area contributed by atoms with E-state index in [1.165, 1.54) is 23.0 Å². The van der Waals surface area contributed by atoms with Gasteiger partial charge in [0.1, 0.15) is 11.4 Å². The standard InChI is InChI=1S/C15H21N5O3S/c1-3-4-20-12(16)11(13(21)18(2)15(20)22)10-9-24-14(17-10)19-5-7-23-8-6-19/h9H,3-8,16H2,1-2H3. The lowest BCUT2D eigenvalue weighted by molar-refractivity contribution is 0.122. The summed E-state index contributed by atoms with van der Waals surface area (Å²) < 4.78 is 7.87. The lowest BCUT2D eigenvalue weighted by Crippen LogP contribution is -2.40. The second kappa shape index (κ2) is 6.78. The van der Waals surface area contributed by atoms with Crippen LogP contribution in [0.15, 0.2) is 15.0 Å². The summed E-state index contributed by atoms with van der Waals surface area (Å²) >= 11 is 1.47. The van der Waals surface area contributed by atoms with Crippen LogP contribution in [-0.2, 0) is 18.3 Å². The van der Waals surface area contributed by atoms with E-state index in [-0.39, 0.29) is 5.82 Å². The molecule has 0 aromatic carbocycles. The van der Waals surface area contributed by atoms with Crippen LogP contribution < -0.4 is 21.9 Å². The minimum atomic E-state index is -0.413. The Labute approximate surface area is 143 Å². The molecule has 1 aliphatic rings. The van der Waals surface area contributed by atoms with Gasteiger partial charge in [-0.25, -0.2) is 9.78 Å². The Morgan fingerprint density at radius 1 is 1.33 bits per heavy atom. The lowest BCUT2D eigenvalue weighted by atomic mass is 10.2. The van der Waals surface area contributed by atoms with Crippen molar-refractivity contribution in [2.24, 2.45) is 7.05 Å². The van der Waals surface area contributed by atoms with Gasteiger partial charge >= 0.3 is 5.69 Å². The molecule has 0 unspecified atom stereocenters. The monoisotopic (exact) mass is 351 g/mol. The highest BCUT2D eigenvalue weighted by molar-refractivity contribution is 7.14. The third kappa shape index (κ3) is 2.84. The van der Waals surface area contributed by atoms with Gasteiger partial charge in [0.05, 0.1) is 18.9 Å². The van der Waals surface area contributed by atoms with Crippen LogP contribution in [0.25, 0.3) is 11.3 Å². The van der Waals surface area contributed by atoms with E-state index < -0.39 is 11.2 Å². The van der Waals surface area contributed by atoms with Crippen molar-refractivity contribution in [1.29, 1.82) is 0 Å². The number of morpholine rings is 1. The number of hydrogen-bond donors (Lipinski definition) is 1. The molecule has 1 aliphatic heterocycles. The fourth-order valence-corrected chi connectivity index (χ4v) is 3.61. The van der Waals surface area contributed by atoms with Crippen molar-refractivity contribution >= 4 is 22.3 Å². The van der Waals surface area contributed by atoms with E-state index in [0.717, 1.165) is 29.2 Å². The van der Waals surface area contributed by atoms with E-state index in [1.807, 2.05) is 12.3 Å². The topological polar surface area (TPSA) is 95.4 Å². The minimum absolute atomic E-state index is 0.184. The van der Waals surface area contributed by atoms with Crippen molar-refractivity contribution in [3.05, 3.63) is 26.2 Å². The molecule has 0 atom stereocenters. The van der Waals surface area contributed by atoms with Crippen molar-refractivity contribution in [2.75, 3.05) is 36.9 Å².